The highest BCUT2D eigenvalue weighted by molar-refractivity contribution is 7.14. The Morgan fingerprint density at radius 1 is 1.23 bits per heavy atom. The quantitative estimate of drug-likeness (QED) is 0.654. The summed E-state index contributed by atoms with van der Waals surface area (Å²) in [5, 5.41) is 6.33. The standard InChI is InChI=1S/C21H22N2O2S/c1-13-6-5-7-16(8-13)22-20-23-17(12-26-20)14-9-15-11-21(2,3)25-19(15)18(10-14)24-4/h5-10,12H,11H2,1-4H3,(H,22,23). The van der Waals surface area contributed by atoms with Crippen molar-refractivity contribution in [3.05, 3.63) is 52.9 Å². The first-order valence-corrected chi connectivity index (χ1v) is 9.51. The van der Waals surface area contributed by atoms with Crippen molar-refractivity contribution in [1.29, 1.82) is 0 Å². The van der Waals surface area contributed by atoms with E-state index < -0.39 is 0 Å². The molecule has 4 nitrogen and oxygen atoms in total. The van der Waals surface area contributed by atoms with Crippen LogP contribution in [0.1, 0.15) is 25.0 Å². The van der Waals surface area contributed by atoms with Gasteiger partial charge in [0.25, 0.3) is 0 Å². The number of anilines is 2. The summed E-state index contributed by atoms with van der Waals surface area (Å²) in [5.74, 6) is 1.62. The van der Waals surface area contributed by atoms with Gasteiger partial charge < -0.3 is 14.8 Å². The van der Waals surface area contributed by atoms with Gasteiger partial charge in [0.05, 0.1) is 12.8 Å². The molecule has 3 aromatic rings. The predicted octanol–water partition coefficient (Wildman–Crippen LogP) is 5.58. The number of thiazole rings is 1. The molecule has 5 heteroatoms. The lowest BCUT2D eigenvalue weighted by atomic mass is 9.99. The fraction of sp³-hybridized carbons (Fsp3) is 0.286. The van der Waals surface area contributed by atoms with E-state index in [1.54, 1.807) is 18.4 Å². The molecular weight excluding hydrogens is 344 g/mol. The van der Waals surface area contributed by atoms with Crippen LogP contribution >= 0.6 is 11.3 Å². The maximum atomic E-state index is 6.05. The van der Waals surface area contributed by atoms with Gasteiger partial charge in [0, 0.05) is 28.6 Å². The molecule has 0 unspecified atom stereocenters. The van der Waals surface area contributed by atoms with Crippen LogP contribution in [0.25, 0.3) is 11.3 Å². The largest absolute Gasteiger partial charge is 0.493 e. The van der Waals surface area contributed by atoms with Crippen LogP contribution < -0.4 is 14.8 Å². The molecule has 0 spiro atoms. The number of fused-ring (bicyclic) bond motifs is 1. The van der Waals surface area contributed by atoms with E-state index in [4.69, 9.17) is 14.5 Å². The number of benzene rings is 2. The number of hydrogen-bond acceptors (Lipinski definition) is 5. The Labute approximate surface area is 157 Å². The topological polar surface area (TPSA) is 43.4 Å². The van der Waals surface area contributed by atoms with Gasteiger partial charge in [0.1, 0.15) is 5.60 Å². The third-order valence-corrected chi connectivity index (χ3v) is 5.17. The Hall–Kier alpha value is -2.53. The van der Waals surface area contributed by atoms with Crippen molar-refractivity contribution in [3.8, 4) is 22.8 Å². The summed E-state index contributed by atoms with van der Waals surface area (Å²) >= 11 is 1.60. The van der Waals surface area contributed by atoms with Gasteiger partial charge in [-0.2, -0.15) is 0 Å². The maximum absolute atomic E-state index is 6.05. The first-order chi connectivity index (χ1) is 12.4. The molecular formula is C21H22N2O2S. The fourth-order valence-corrected chi connectivity index (χ4v) is 4.03. The zero-order valence-electron chi connectivity index (χ0n) is 15.4. The van der Waals surface area contributed by atoms with Crippen LogP contribution in [0.4, 0.5) is 10.8 Å². The van der Waals surface area contributed by atoms with Crippen molar-refractivity contribution in [2.45, 2.75) is 32.8 Å². The second-order valence-corrected chi connectivity index (χ2v) is 8.10. The van der Waals surface area contributed by atoms with Crippen molar-refractivity contribution < 1.29 is 9.47 Å². The summed E-state index contributed by atoms with van der Waals surface area (Å²) in [6.45, 7) is 6.27. The van der Waals surface area contributed by atoms with Crippen LogP contribution in [-0.4, -0.2) is 17.7 Å². The van der Waals surface area contributed by atoms with E-state index in [1.807, 2.05) is 18.2 Å². The number of nitrogens with one attached hydrogen (secondary N) is 1. The highest BCUT2D eigenvalue weighted by Gasteiger charge is 2.33. The molecule has 0 fully saturated rings. The minimum absolute atomic E-state index is 0.200. The molecule has 0 radical (unpaired) electrons. The SMILES string of the molecule is COc1cc(-c2csc(Nc3cccc(C)c3)n2)cc2c1OC(C)(C)C2. The number of rotatable bonds is 4. The van der Waals surface area contributed by atoms with Crippen molar-refractivity contribution >= 4 is 22.2 Å². The average molecular weight is 366 g/mol. The van der Waals surface area contributed by atoms with Gasteiger partial charge in [0.15, 0.2) is 16.6 Å². The molecule has 1 aromatic heterocycles. The molecule has 1 aliphatic heterocycles. The van der Waals surface area contributed by atoms with Gasteiger partial charge in [0.2, 0.25) is 0 Å². The maximum Gasteiger partial charge on any atom is 0.187 e. The number of aromatic nitrogens is 1. The summed E-state index contributed by atoms with van der Waals surface area (Å²) in [4.78, 5) is 4.75. The first kappa shape index (κ1) is 16.9. The lowest BCUT2D eigenvalue weighted by Crippen LogP contribution is -2.24. The summed E-state index contributed by atoms with van der Waals surface area (Å²) < 4.78 is 11.6. The highest BCUT2D eigenvalue weighted by atomic mass is 32.1. The van der Waals surface area contributed by atoms with E-state index in [0.29, 0.717) is 0 Å². The minimum Gasteiger partial charge on any atom is -0.493 e. The van der Waals surface area contributed by atoms with Crippen LogP contribution in [0, 0.1) is 6.92 Å². The molecule has 0 bridgehead atoms. The Kier molecular flexibility index (Phi) is 4.11. The third-order valence-electron chi connectivity index (χ3n) is 4.42. The van der Waals surface area contributed by atoms with E-state index in [-0.39, 0.29) is 5.60 Å². The number of hydrogen-bond donors (Lipinski definition) is 1. The summed E-state index contributed by atoms with van der Waals surface area (Å²) in [6, 6.07) is 12.5. The second kappa shape index (κ2) is 6.32. The third kappa shape index (κ3) is 3.27. The molecule has 1 N–H and O–H groups in total. The van der Waals surface area contributed by atoms with Gasteiger partial charge in [-0.3, -0.25) is 0 Å². The van der Waals surface area contributed by atoms with Gasteiger partial charge in [-0.25, -0.2) is 4.98 Å². The summed E-state index contributed by atoms with van der Waals surface area (Å²) in [5.41, 5.74) is 5.23. The van der Waals surface area contributed by atoms with E-state index >= 15 is 0 Å². The zero-order valence-corrected chi connectivity index (χ0v) is 16.2. The highest BCUT2D eigenvalue weighted by Crippen LogP contribution is 2.44. The average Bonchev–Trinajstić information content (AvgIpc) is 3.16. The van der Waals surface area contributed by atoms with Gasteiger partial charge in [-0.15, -0.1) is 11.3 Å². The molecule has 0 aliphatic carbocycles. The molecule has 0 saturated carbocycles. The van der Waals surface area contributed by atoms with Crippen LogP contribution in [-0.2, 0) is 6.42 Å². The number of aryl methyl sites for hydroxylation is 1. The fourth-order valence-electron chi connectivity index (χ4n) is 3.29. The lowest BCUT2D eigenvalue weighted by Gasteiger charge is -2.17. The zero-order chi connectivity index (χ0) is 18.3. The van der Waals surface area contributed by atoms with Crippen LogP contribution in [0.5, 0.6) is 11.5 Å². The van der Waals surface area contributed by atoms with Crippen LogP contribution in [0.15, 0.2) is 41.8 Å². The molecule has 0 amide bonds. The van der Waals surface area contributed by atoms with Crippen LogP contribution in [0.3, 0.4) is 0 Å². The summed E-state index contributed by atoms with van der Waals surface area (Å²) in [6.07, 6.45) is 0.866. The lowest BCUT2D eigenvalue weighted by molar-refractivity contribution is 0.134. The Morgan fingerprint density at radius 2 is 2.08 bits per heavy atom. The van der Waals surface area contributed by atoms with E-state index in [0.717, 1.165) is 40.0 Å². The minimum atomic E-state index is -0.200. The smallest absolute Gasteiger partial charge is 0.187 e. The van der Waals surface area contributed by atoms with Gasteiger partial charge in [-0.05, 0) is 50.6 Å². The molecule has 4 rings (SSSR count). The molecule has 134 valence electrons. The van der Waals surface area contributed by atoms with Crippen molar-refractivity contribution in [1.82, 2.24) is 4.98 Å². The van der Waals surface area contributed by atoms with Crippen molar-refractivity contribution in [2.24, 2.45) is 0 Å². The number of nitrogens with zero attached hydrogens (tertiary/aromatic N) is 1. The monoisotopic (exact) mass is 366 g/mol. The summed E-state index contributed by atoms with van der Waals surface area (Å²) in [7, 11) is 1.68. The number of methoxy groups -OCH3 is 1. The van der Waals surface area contributed by atoms with Crippen molar-refractivity contribution in [3.63, 3.8) is 0 Å². The number of ether oxygens (including phenoxy) is 2. The van der Waals surface area contributed by atoms with E-state index in [1.165, 1.54) is 11.1 Å². The molecule has 0 saturated heterocycles. The molecule has 2 heterocycles. The Bertz CT molecular complexity index is 962. The van der Waals surface area contributed by atoms with Crippen molar-refractivity contribution in [2.75, 3.05) is 12.4 Å². The van der Waals surface area contributed by atoms with E-state index in [2.05, 4.69) is 49.7 Å². The van der Waals surface area contributed by atoms with Gasteiger partial charge in [-0.1, -0.05) is 12.1 Å². The predicted molar refractivity (Wildman–Crippen MR) is 107 cm³/mol. The molecule has 0 atom stereocenters. The molecule has 1 aliphatic rings. The first-order valence-electron chi connectivity index (χ1n) is 8.63. The van der Waals surface area contributed by atoms with Crippen LogP contribution in [0.2, 0.25) is 0 Å². The normalized spacial score (nSPS) is 14.6. The van der Waals surface area contributed by atoms with E-state index in [9.17, 15) is 0 Å². The molecule has 26 heavy (non-hydrogen) atoms. The Morgan fingerprint density at radius 3 is 2.85 bits per heavy atom. The molecule has 2 aromatic carbocycles. The van der Waals surface area contributed by atoms with Gasteiger partial charge >= 0.3 is 0 Å². The second-order valence-electron chi connectivity index (χ2n) is 7.24. The Balaban J connectivity index is 1.64.